The van der Waals surface area contributed by atoms with E-state index in [-0.39, 0.29) is 0 Å². The van der Waals surface area contributed by atoms with Crippen LogP contribution in [0.25, 0.3) is 11.0 Å². The number of nitrogens with zero attached hydrogens (tertiary/aromatic N) is 1. The van der Waals surface area contributed by atoms with Crippen LogP contribution < -0.4 is 11.1 Å². The standard InChI is InChI=1S/C18H15BrClN3O2/c19-14-7-15-16(22-18(25)17(24)21-15)12-4-5-23(9-13(12)14)8-10-2-1-3-11(20)6-10/h1-3,6-7H,4-5,8-9H2,(H,21,24)(H,22,25). The van der Waals surface area contributed by atoms with Gasteiger partial charge < -0.3 is 9.97 Å². The maximum atomic E-state index is 11.7. The molecule has 2 aromatic carbocycles. The Balaban J connectivity index is 1.71. The van der Waals surface area contributed by atoms with E-state index in [4.69, 9.17) is 11.6 Å². The van der Waals surface area contributed by atoms with E-state index in [1.54, 1.807) is 0 Å². The Morgan fingerprint density at radius 3 is 2.72 bits per heavy atom. The first-order valence-corrected chi connectivity index (χ1v) is 9.12. The molecule has 3 aromatic rings. The van der Waals surface area contributed by atoms with Gasteiger partial charge in [0.1, 0.15) is 0 Å². The molecule has 1 aliphatic rings. The number of hydrogen-bond acceptors (Lipinski definition) is 3. The number of rotatable bonds is 2. The second-order valence-electron chi connectivity index (χ2n) is 6.24. The van der Waals surface area contributed by atoms with Crippen LogP contribution in [0.5, 0.6) is 0 Å². The highest BCUT2D eigenvalue weighted by atomic mass is 79.9. The van der Waals surface area contributed by atoms with Crippen molar-refractivity contribution in [3.63, 3.8) is 0 Å². The highest BCUT2D eigenvalue weighted by molar-refractivity contribution is 9.10. The Bertz CT molecular complexity index is 1090. The molecule has 0 aliphatic carbocycles. The van der Waals surface area contributed by atoms with Gasteiger partial charge in [-0.15, -0.1) is 0 Å². The van der Waals surface area contributed by atoms with Crippen LogP contribution in [0.15, 0.2) is 44.4 Å². The first-order valence-electron chi connectivity index (χ1n) is 7.94. The van der Waals surface area contributed by atoms with Gasteiger partial charge in [0.15, 0.2) is 0 Å². The second kappa shape index (κ2) is 6.44. The summed E-state index contributed by atoms with van der Waals surface area (Å²) in [5, 5.41) is 0.739. The van der Waals surface area contributed by atoms with E-state index in [0.29, 0.717) is 5.52 Å². The minimum Gasteiger partial charge on any atom is -0.316 e. The van der Waals surface area contributed by atoms with Crippen molar-refractivity contribution in [2.75, 3.05) is 6.54 Å². The first-order chi connectivity index (χ1) is 12.0. The summed E-state index contributed by atoms with van der Waals surface area (Å²) >= 11 is 9.68. The van der Waals surface area contributed by atoms with E-state index in [0.717, 1.165) is 52.2 Å². The lowest BCUT2D eigenvalue weighted by atomic mass is 9.97. The van der Waals surface area contributed by atoms with E-state index in [9.17, 15) is 9.59 Å². The summed E-state index contributed by atoms with van der Waals surface area (Å²) in [6.07, 6.45) is 0.799. The van der Waals surface area contributed by atoms with Crippen molar-refractivity contribution in [3.05, 3.63) is 77.2 Å². The lowest BCUT2D eigenvalue weighted by Gasteiger charge is -2.30. The zero-order valence-electron chi connectivity index (χ0n) is 13.2. The van der Waals surface area contributed by atoms with Crippen molar-refractivity contribution >= 4 is 38.6 Å². The van der Waals surface area contributed by atoms with Crippen LogP contribution in [0.3, 0.4) is 0 Å². The van der Waals surface area contributed by atoms with Crippen LogP contribution in [-0.4, -0.2) is 21.4 Å². The van der Waals surface area contributed by atoms with Crippen molar-refractivity contribution < 1.29 is 0 Å². The van der Waals surface area contributed by atoms with Gasteiger partial charge in [0.05, 0.1) is 11.0 Å². The molecule has 0 saturated heterocycles. The maximum absolute atomic E-state index is 11.7. The first kappa shape index (κ1) is 16.6. The number of H-pyrrole nitrogens is 2. The van der Waals surface area contributed by atoms with Crippen LogP contribution >= 0.6 is 27.5 Å². The van der Waals surface area contributed by atoms with Gasteiger partial charge in [0, 0.05) is 29.1 Å². The predicted molar refractivity (Wildman–Crippen MR) is 102 cm³/mol. The molecule has 0 spiro atoms. The summed E-state index contributed by atoms with van der Waals surface area (Å²) in [5.41, 5.74) is 3.54. The third-order valence-corrected chi connectivity index (χ3v) is 5.49. The molecule has 25 heavy (non-hydrogen) atoms. The Morgan fingerprint density at radius 2 is 1.92 bits per heavy atom. The molecule has 0 fully saturated rings. The normalized spacial score (nSPS) is 14.6. The molecule has 0 unspecified atom stereocenters. The van der Waals surface area contributed by atoms with Crippen molar-refractivity contribution in [1.29, 1.82) is 0 Å². The molecule has 0 radical (unpaired) electrons. The summed E-state index contributed by atoms with van der Waals surface area (Å²) in [7, 11) is 0. The molecule has 1 aliphatic heterocycles. The summed E-state index contributed by atoms with van der Waals surface area (Å²) in [6.45, 7) is 2.44. The number of nitrogens with one attached hydrogen (secondary N) is 2. The molecule has 0 bridgehead atoms. The van der Waals surface area contributed by atoms with Gasteiger partial charge in [-0.3, -0.25) is 14.5 Å². The van der Waals surface area contributed by atoms with Crippen molar-refractivity contribution in [3.8, 4) is 0 Å². The van der Waals surface area contributed by atoms with Crippen molar-refractivity contribution in [1.82, 2.24) is 14.9 Å². The van der Waals surface area contributed by atoms with Gasteiger partial charge in [-0.05, 0) is 41.3 Å². The lowest BCUT2D eigenvalue weighted by Crippen LogP contribution is -2.33. The third-order valence-electron chi connectivity index (χ3n) is 4.54. The highest BCUT2D eigenvalue weighted by Crippen LogP contribution is 2.32. The molecule has 0 saturated carbocycles. The smallest absolute Gasteiger partial charge is 0.314 e. The third kappa shape index (κ3) is 3.17. The molecule has 0 atom stereocenters. The molecule has 7 heteroatoms. The van der Waals surface area contributed by atoms with Gasteiger partial charge >= 0.3 is 11.1 Å². The molecular weight excluding hydrogens is 406 g/mol. The molecule has 128 valence electrons. The predicted octanol–water partition coefficient (Wildman–Crippen LogP) is 3.19. The monoisotopic (exact) mass is 419 g/mol. The largest absolute Gasteiger partial charge is 0.316 e. The number of benzene rings is 2. The summed E-state index contributed by atoms with van der Waals surface area (Å²) < 4.78 is 0.938. The molecule has 0 amide bonds. The fourth-order valence-electron chi connectivity index (χ4n) is 3.38. The van der Waals surface area contributed by atoms with E-state index < -0.39 is 11.1 Å². The summed E-state index contributed by atoms with van der Waals surface area (Å²) in [5.74, 6) is 0. The average Bonchev–Trinajstić information content (AvgIpc) is 2.57. The Labute approximate surface area is 156 Å². The van der Waals surface area contributed by atoms with Gasteiger partial charge in [-0.2, -0.15) is 0 Å². The van der Waals surface area contributed by atoms with Crippen molar-refractivity contribution in [2.24, 2.45) is 0 Å². The van der Waals surface area contributed by atoms with Crippen LogP contribution in [0, 0.1) is 0 Å². The number of aromatic nitrogens is 2. The number of fused-ring (bicyclic) bond motifs is 3. The molecular formula is C18H15BrClN3O2. The molecule has 5 nitrogen and oxygen atoms in total. The molecule has 2 N–H and O–H groups in total. The zero-order chi connectivity index (χ0) is 17.6. The molecule has 2 heterocycles. The number of aromatic amines is 2. The van der Waals surface area contributed by atoms with Crippen LogP contribution in [0.4, 0.5) is 0 Å². The van der Waals surface area contributed by atoms with Crippen molar-refractivity contribution in [2.45, 2.75) is 19.5 Å². The van der Waals surface area contributed by atoms with Crippen LogP contribution in [-0.2, 0) is 19.5 Å². The summed E-state index contributed by atoms with van der Waals surface area (Å²) in [4.78, 5) is 31.0. The quantitative estimate of drug-likeness (QED) is 0.626. The minimum absolute atomic E-state index is 0.613. The minimum atomic E-state index is -0.627. The van der Waals surface area contributed by atoms with Gasteiger partial charge in [0.2, 0.25) is 0 Å². The second-order valence-corrected chi connectivity index (χ2v) is 7.53. The summed E-state index contributed by atoms with van der Waals surface area (Å²) in [6, 6.07) is 9.73. The maximum Gasteiger partial charge on any atom is 0.314 e. The Hall–Kier alpha value is -1.89. The molecule has 4 rings (SSSR count). The van der Waals surface area contributed by atoms with Gasteiger partial charge in [0.25, 0.3) is 0 Å². The van der Waals surface area contributed by atoms with Gasteiger partial charge in [-0.1, -0.05) is 39.7 Å². The molecule has 1 aromatic heterocycles. The lowest BCUT2D eigenvalue weighted by molar-refractivity contribution is 0.245. The van der Waals surface area contributed by atoms with E-state index >= 15 is 0 Å². The number of halogens is 2. The fraction of sp³-hybridized carbons (Fsp3) is 0.222. The van der Waals surface area contributed by atoms with E-state index in [1.165, 1.54) is 5.56 Å². The Morgan fingerprint density at radius 1 is 1.12 bits per heavy atom. The van der Waals surface area contributed by atoms with E-state index in [1.807, 2.05) is 24.3 Å². The average molecular weight is 421 g/mol. The van der Waals surface area contributed by atoms with Gasteiger partial charge in [-0.25, -0.2) is 0 Å². The van der Waals surface area contributed by atoms with Crippen LogP contribution in [0.2, 0.25) is 5.02 Å². The topological polar surface area (TPSA) is 69.0 Å². The number of hydrogen-bond donors (Lipinski definition) is 2. The highest BCUT2D eigenvalue weighted by Gasteiger charge is 2.22. The van der Waals surface area contributed by atoms with Crippen LogP contribution in [0.1, 0.15) is 16.7 Å². The fourth-order valence-corrected chi connectivity index (χ4v) is 4.19. The SMILES string of the molecule is O=c1[nH]c2cc(Br)c3c(c2[nH]c1=O)CCN(Cc1cccc(Cl)c1)C3. The Kier molecular flexibility index (Phi) is 4.27. The zero-order valence-corrected chi connectivity index (χ0v) is 15.6. The van der Waals surface area contributed by atoms with E-state index in [2.05, 4.69) is 36.9 Å².